The second kappa shape index (κ2) is 8.56. The van der Waals surface area contributed by atoms with Crippen LogP contribution >= 0.6 is 0 Å². The molecule has 1 saturated heterocycles. The van der Waals surface area contributed by atoms with Crippen molar-refractivity contribution in [3.8, 4) is 11.5 Å². The average molecular weight is 454 g/mol. The van der Waals surface area contributed by atoms with Crippen LogP contribution in [0.2, 0.25) is 0 Å². The van der Waals surface area contributed by atoms with Crippen molar-refractivity contribution in [3.63, 3.8) is 0 Å². The normalized spacial score (nSPS) is 15.6. The number of hydrogen-bond acceptors (Lipinski definition) is 9. The number of ether oxygens (including phenoxy) is 1. The molecule has 0 bridgehead atoms. The highest BCUT2D eigenvalue weighted by Gasteiger charge is 2.15. The topological polar surface area (TPSA) is 114 Å². The number of nitrogens with one attached hydrogen (secondary N) is 3. The van der Waals surface area contributed by atoms with Gasteiger partial charge in [-0.2, -0.15) is 5.10 Å². The number of aryl methyl sites for hydroxylation is 1. The van der Waals surface area contributed by atoms with Crippen LogP contribution in [-0.4, -0.2) is 48.7 Å². The van der Waals surface area contributed by atoms with Gasteiger partial charge in [-0.05, 0) is 61.9 Å². The summed E-state index contributed by atoms with van der Waals surface area (Å²) >= 11 is 0. The standard InChI is InChI=1S/C24H23N9O/c1-15-10-16(2-4-20(15)34-18-7-9-33-22(11-18)27-14-29-33)31-24-23-19(26-13-28-24)3-5-21(32-23)30-17-6-8-25-12-17/h2-5,7,9-11,13-14,17,25H,6,8,12H2,1H3,(H,30,32)(H,26,28,31)/t17-/m0/s1. The summed E-state index contributed by atoms with van der Waals surface area (Å²) in [5.41, 5.74) is 4.10. The van der Waals surface area contributed by atoms with E-state index in [0.29, 0.717) is 17.6 Å². The summed E-state index contributed by atoms with van der Waals surface area (Å²) in [6, 6.07) is 13.9. The molecule has 1 aliphatic heterocycles. The van der Waals surface area contributed by atoms with E-state index in [4.69, 9.17) is 9.72 Å². The minimum atomic E-state index is 0.381. The van der Waals surface area contributed by atoms with Crippen molar-refractivity contribution in [2.24, 2.45) is 0 Å². The van der Waals surface area contributed by atoms with Crippen molar-refractivity contribution < 1.29 is 4.74 Å². The van der Waals surface area contributed by atoms with Crippen molar-refractivity contribution in [3.05, 3.63) is 66.9 Å². The summed E-state index contributed by atoms with van der Waals surface area (Å²) in [4.78, 5) is 17.8. The van der Waals surface area contributed by atoms with Gasteiger partial charge in [-0.15, -0.1) is 0 Å². The fourth-order valence-electron chi connectivity index (χ4n) is 4.06. The van der Waals surface area contributed by atoms with Crippen molar-refractivity contribution in [2.75, 3.05) is 23.7 Å². The first-order chi connectivity index (χ1) is 16.7. The van der Waals surface area contributed by atoms with Gasteiger partial charge in [-0.3, -0.25) is 0 Å². The van der Waals surface area contributed by atoms with Gasteiger partial charge >= 0.3 is 0 Å². The van der Waals surface area contributed by atoms with E-state index >= 15 is 0 Å². The maximum Gasteiger partial charge on any atom is 0.160 e. The summed E-state index contributed by atoms with van der Waals surface area (Å²) in [5, 5.41) is 14.3. The second-order valence-electron chi connectivity index (χ2n) is 8.25. The van der Waals surface area contributed by atoms with Crippen LogP contribution in [0.1, 0.15) is 12.0 Å². The first-order valence-electron chi connectivity index (χ1n) is 11.2. The Bertz CT molecular complexity index is 1480. The van der Waals surface area contributed by atoms with Gasteiger partial charge in [0.05, 0.1) is 5.52 Å². The van der Waals surface area contributed by atoms with Crippen LogP contribution in [0.3, 0.4) is 0 Å². The first kappa shape index (κ1) is 20.3. The molecule has 6 rings (SSSR count). The number of nitrogens with zero attached hydrogens (tertiary/aromatic N) is 6. The molecule has 5 heterocycles. The van der Waals surface area contributed by atoms with E-state index in [9.17, 15) is 0 Å². The zero-order chi connectivity index (χ0) is 22.9. The van der Waals surface area contributed by atoms with Gasteiger partial charge < -0.3 is 20.7 Å². The van der Waals surface area contributed by atoms with E-state index in [2.05, 4.69) is 36.0 Å². The third kappa shape index (κ3) is 4.06. The molecule has 4 aromatic heterocycles. The lowest BCUT2D eigenvalue weighted by molar-refractivity contribution is 0.478. The Labute approximate surface area is 195 Å². The van der Waals surface area contributed by atoms with Gasteiger partial charge in [0.2, 0.25) is 0 Å². The fourth-order valence-corrected chi connectivity index (χ4v) is 4.06. The molecule has 0 amide bonds. The largest absolute Gasteiger partial charge is 0.457 e. The summed E-state index contributed by atoms with van der Waals surface area (Å²) < 4.78 is 7.77. The Hall–Kier alpha value is -4.31. The number of rotatable bonds is 6. The van der Waals surface area contributed by atoms with E-state index in [1.54, 1.807) is 10.8 Å². The van der Waals surface area contributed by atoms with E-state index in [-0.39, 0.29) is 0 Å². The number of aromatic nitrogens is 6. The second-order valence-corrected chi connectivity index (χ2v) is 8.25. The molecular formula is C24H23N9O. The molecule has 1 fully saturated rings. The predicted molar refractivity (Wildman–Crippen MR) is 130 cm³/mol. The summed E-state index contributed by atoms with van der Waals surface area (Å²) in [7, 11) is 0. The van der Waals surface area contributed by atoms with E-state index in [1.807, 2.05) is 55.6 Å². The maximum absolute atomic E-state index is 6.08. The molecule has 0 radical (unpaired) electrons. The first-order valence-corrected chi connectivity index (χ1v) is 11.2. The smallest absolute Gasteiger partial charge is 0.160 e. The monoisotopic (exact) mass is 453 g/mol. The average Bonchev–Trinajstić information content (AvgIpc) is 3.53. The molecule has 1 atom stereocenters. The van der Waals surface area contributed by atoms with Crippen molar-refractivity contribution in [2.45, 2.75) is 19.4 Å². The van der Waals surface area contributed by atoms with Crippen LogP contribution < -0.4 is 20.7 Å². The third-order valence-corrected chi connectivity index (χ3v) is 5.81. The lowest BCUT2D eigenvalue weighted by Gasteiger charge is -2.14. The Morgan fingerprint density at radius 2 is 2.03 bits per heavy atom. The summed E-state index contributed by atoms with van der Waals surface area (Å²) in [5.74, 6) is 2.94. The van der Waals surface area contributed by atoms with E-state index in [1.165, 1.54) is 6.33 Å². The zero-order valence-corrected chi connectivity index (χ0v) is 18.6. The van der Waals surface area contributed by atoms with E-state index in [0.717, 1.165) is 59.0 Å². The van der Waals surface area contributed by atoms with Crippen LogP contribution in [0.5, 0.6) is 11.5 Å². The highest BCUT2D eigenvalue weighted by Crippen LogP contribution is 2.30. The fraction of sp³-hybridized carbons (Fsp3) is 0.208. The quantitative estimate of drug-likeness (QED) is 0.354. The lowest BCUT2D eigenvalue weighted by atomic mass is 10.2. The van der Waals surface area contributed by atoms with Crippen LogP contribution in [-0.2, 0) is 0 Å². The Morgan fingerprint density at radius 1 is 1.06 bits per heavy atom. The molecule has 10 heteroatoms. The van der Waals surface area contributed by atoms with Crippen LogP contribution in [0.4, 0.5) is 17.3 Å². The predicted octanol–water partition coefficient (Wildman–Crippen LogP) is 3.69. The van der Waals surface area contributed by atoms with Crippen LogP contribution in [0.15, 0.2) is 61.3 Å². The Kier molecular flexibility index (Phi) is 5.11. The molecule has 0 aliphatic carbocycles. The van der Waals surface area contributed by atoms with Crippen molar-refractivity contribution in [1.29, 1.82) is 0 Å². The molecular weight excluding hydrogens is 430 g/mol. The number of pyridine rings is 2. The van der Waals surface area contributed by atoms with Gasteiger partial charge in [0.15, 0.2) is 11.5 Å². The Morgan fingerprint density at radius 3 is 2.91 bits per heavy atom. The minimum Gasteiger partial charge on any atom is -0.457 e. The highest BCUT2D eigenvalue weighted by molar-refractivity contribution is 5.88. The van der Waals surface area contributed by atoms with Gasteiger partial charge in [0.25, 0.3) is 0 Å². The van der Waals surface area contributed by atoms with Crippen molar-refractivity contribution >= 4 is 34.0 Å². The lowest BCUT2D eigenvalue weighted by Crippen LogP contribution is -2.22. The van der Waals surface area contributed by atoms with Gasteiger partial charge in [0.1, 0.15) is 35.5 Å². The molecule has 0 spiro atoms. The molecule has 1 aliphatic rings. The molecule has 170 valence electrons. The number of benzene rings is 1. The van der Waals surface area contributed by atoms with E-state index < -0.39 is 0 Å². The zero-order valence-electron chi connectivity index (χ0n) is 18.6. The van der Waals surface area contributed by atoms with Crippen molar-refractivity contribution in [1.82, 2.24) is 34.9 Å². The van der Waals surface area contributed by atoms with Gasteiger partial charge in [0, 0.05) is 30.5 Å². The van der Waals surface area contributed by atoms with Crippen LogP contribution in [0, 0.1) is 6.92 Å². The molecule has 0 saturated carbocycles. The van der Waals surface area contributed by atoms with Gasteiger partial charge in [-0.1, -0.05) is 0 Å². The third-order valence-electron chi connectivity index (χ3n) is 5.81. The molecule has 0 unspecified atom stereocenters. The SMILES string of the molecule is Cc1cc(Nc2ncnc3ccc(N[C@H]4CCNC4)nc23)ccc1Oc1ccn2ncnc2c1. The van der Waals surface area contributed by atoms with Crippen LogP contribution in [0.25, 0.3) is 16.7 Å². The van der Waals surface area contributed by atoms with Gasteiger partial charge in [-0.25, -0.2) is 24.5 Å². The molecule has 10 nitrogen and oxygen atoms in total. The summed E-state index contributed by atoms with van der Waals surface area (Å²) in [6.45, 7) is 3.97. The maximum atomic E-state index is 6.08. The number of hydrogen-bond donors (Lipinski definition) is 3. The molecule has 34 heavy (non-hydrogen) atoms. The molecule has 3 N–H and O–H groups in total. The highest BCUT2D eigenvalue weighted by atomic mass is 16.5. The number of anilines is 3. The minimum absolute atomic E-state index is 0.381. The summed E-state index contributed by atoms with van der Waals surface area (Å²) in [6.07, 6.45) is 5.96. The molecule has 1 aromatic carbocycles. The molecule has 5 aromatic rings. The Balaban J connectivity index is 1.23. The number of fused-ring (bicyclic) bond motifs is 2.